The molecule has 0 N–H and O–H groups in total. The summed E-state index contributed by atoms with van der Waals surface area (Å²) in [5, 5.41) is 10.6. The highest BCUT2D eigenvalue weighted by molar-refractivity contribution is 9.10. The molecule has 108 valence electrons. The first-order valence-corrected chi connectivity index (χ1v) is 7.42. The molecule has 0 aliphatic carbocycles. The molecular formula is C14H10BrNO4S. The van der Waals surface area contributed by atoms with E-state index in [2.05, 4.69) is 15.9 Å². The van der Waals surface area contributed by atoms with Crippen molar-refractivity contribution in [3.63, 3.8) is 0 Å². The van der Waals surface area contributed by atoms with E-state index in [1.807, 2.05) is 6.07 Å². The lowest BCUT2D eigenvalue weighted by molar-refractivity contribution is -0.384. The minimum Gasteiger partial charge on any atom is -0.465 e. The summed E-state index contributed by atoms with van der Waals surface area (Å²) in [6.45, 7) is 0. The van der Waals surface area contributed by atoms with Crippen LogP contribution in [0.3, 0.4) is 0 Å². The zero-order chi connectivity index (χ0) is 15.4. The van der Waals surface area contributed by atoms with Crippen LogP contribution in [0.5, 0.6) is 0 Å². The summed E-state index contributed by atoms with van der Waals surface area (Å²) in [5.41, 5.74) is 0.471. The molecule has 0 aromatic heterocycles. The number of nitrogens with zero attached hydrogens (tertiary/aromatic N) is 1. The van der Waals surface area contributed by atoms with Gasteiger partial charge in [-0.05, 0) is 30.3 Å². The number of hydrogen-bond acceptors (Lipinski definition) is 5. The van der Waals surface area contributed by atoms with Crippen molar-refractivity contribution in [2.75, 3.05) is 7.11 Å². The summed E-state index contributed by atoms with van der Waals surface area (Å²) >= 11 is 4.66. The van der Waals surface area contributed by atoms with E-state index in [1.165, 1.54) is 31.0 Å². The summed E-state index contributed by atoms with van der Waals surface area (Å²) in [7, 11) is 1.32. The molecule has 0 heterocycles. The summed E-state index contributed by atoms with van der Waals surface area (Å²) in [6, 6.07) is 11.4. The van der Waals surface area contributed by atoms with Crippen molar-refractivity contribution in [3.05, 3.63) is 62.6 Å². The number of esters is 1. The highest BCUT2D eigenvalue weighted by Crippen LogP contribution is 2.33. The molecular weight excluding hydrogens is 358 g/mol. The Bertz CT molecular complexity index is 688. The fraction of sp³-hybridized carbons (Fsp3) is 0.0714. The van der Waals surface area contributed by atoms with Gasteiger partial charge >= 0.3 is 5.97 Å². The Morgan fingerprint density at radius 3 is 2.48 bits per heavy atom. The predicted molar refractivity (Wildman–Crippen MR) is 82.7 cm³/mol. The summed E-state index contributed by atoms with van der Waals surface area (Å²) < 4.78 is 5.53. The first-order chi connectivity index (χ1) is 10.0. The molecule has 2 aromatic rings. The highest BCUT2D eigenvalue weighted by Gasteiger charge is 2.14. The molecule has 0 aliphatic rings. The standard InChI is InChI=1S/C14H10BrNO4S/c1-20-14(17)12-8-9(15)2-7-13(12)21-11-5-3-10(4-6-11)16(18)19/h2-8H,1H3. The molecule has 2 aromatic carbocycles. The van der Waals surface area contributed by atoms with Gasteiger partial charge in [-0.25, -0.2) is 4.79 Å². The van der Waals surface area contributed by atoms with Crippen LogP contribution in [0.15, 0.2) is 56.7 Å². The summed E-state index contributed by atoms with van der Waals surface area (Å²) in [6.07, 6.45) is 0. The maximum Gasteiger partial charge on any atom is 0.339 e. The van der Waals surface area contributed by atoms with E-state index in [0.29, 0.717) is 5.56 Å². The molecule has 0 aliphatic heterocycles. The molecule has 0 fully saturated rings. The molecule has 0 radical (unpaired) electrons. The number of carbonyl (C=O) groups excluding carboxylic acids is 1. The fourth-order valence-corrected chi connectivity index (χ4v) is 2.90. The van der Waals surface area contributed by atoms with Crippen molar-refractivity contribution in [2.45, 2.75) is 9.79 Å². The minimum absolute atomic E-state index is 0.0309. The number of hydrogen-bond donors (Lipinski definition) is 0. The van der Waals surface area contributed by atoms with E-state index in [1.54, 1.807) is 24.3 Å². The lowest BCUT2D eigenvalue weighted by Gasteiger charge is -2.08. The summed E-state index contributed by atoms with van der Waals surface area (Å²) in [5.74, 6) is -0.430. The zero-order valence-corrected chi connectivity index (χ0v) is 13.3. The molecule has 7 heteroatoms. The topological polar surface area (TPSA) is 69.4 Å². The van der Waals surface area contributed by atoms with Gasteiger partial charge in [-0.1, -0.05) is 27.7 Å². The SMILES string of the molecule is COC(=O)c1cc(Br)ccc1Sc1ccc([N+](=O)[O-])cc1. The quantitative estimate of drug-likeness (QED) is 0.457. The Hall–Kier alpha value is -1.86. The average molecular weight is 368 g/mol. The highest BCUT2D eigenvalue weighted by atomic mass is 79.9. The monoisotopic (exact) mass is 367 g/mol. The van der Waals surface area contributed by atoms with Gasteiger partial charge in [0.1, 0.15) is 0 Å². The molecule has 0 atom stereocenters. The predicted octanol–water partition coefficient (Wildman–Crippen LogP) is 4.30. The van der Waals surface area contributed by atoms with Gasteiger partial charge in [0.05, 0.1) is 17.6 Å². The largest absolute Gasteiger partial charge is 0.465 e. The van der Waals surface area contributed by atoms with Crippen LogP contribution in [0.1, 0.15) is 10.4 Å². The summed E-state index contributed by atoms with van der Waals surface area (Å²) in [4.78, 5) is 23.5. The van der Waals surface area contributed by atoms with E-state index < -0.39 is 10.9 Å². The first kappa shape index (κ1) is 15.5. The van der Waals surface area contributed by atoms with Crippen LogP contribution in [-0.2, 0) is 4.74 Å². The van der Waals surface area contributed by atoms with Crippen LogP contribution in [0.4, 0.5) is 5.69 Å². The van der Waals surface area contributed by atoms with Crippen LogP contribution in [0, 0.1) is 10.1 Å². The normalized spacial score (nSPS) is 10.2. The number of benzene rings is 2. The maximum absolute atomic E-state index is 11.8. The molecule has 0 saturated heterocycles. The third-order valence-electron chi connectivity index (χ3n) is 2.62. The maximum atomic E-state index is 11.8. The lowest BCUT2D eigenvalue weighted by Crippen LogP contribution is -2.03. The Kier molecular flexibility index (Phi) is 4.98. The second kappa shape index (κ2) is 6.73. The first-order valence-electron chi connectivity index (χ1n) is 5.81. The van der Waals surface area contributed by atoms with E-state index in [4.69, 9.17) is 4.74 Å². The van der Waals surface area contributed by atoms with Crippen LogP contribution >= 0.6 is 27.7 Å². The molecule has 0 bridgehead atoms. The van der Waals surface area contributed by atoms with Gasteiger partial charge in [-0.2, -0.15) is 0 Å². The smallest absolute Gasteiger partial charge is 0.339 e. The molecule has 0 saturated carbocycles. The molecule has 21 heavy (non-hydrogen) atoms. The molecule has 0 amide bonds. The van der Waals surface area contributed by atoms with Gasteiger partial charge in [0, 0.05) is 26.4 Å². The number of non-ortho nitro benzene ring substituents is 1. The van der Waals surface area contributed by atoms with Crippen molar-refractivity contribution in [1.82, 2.24) is 0 Å². The van der Waals surface area contributed by atoms with Crippen LogP contribution in [0.2, 0.25) is 0 Å². The van der Waals surface area contributed by atoms with E-state index in [0.717, 1.165) is 14.3 Å². The van der Waals surface area contributed by atoms with E-state index in [-0.39, 0.29) is 5.69 Å². The van der Waals surface area contributed by atoms with Gasteiger partial charge in [0.15, 0.2) is 0 Å². The Morgan fingerprint density at radius 2 is 1.90 bits per heavy atom. The lowest BCUT2D eigenvalue weighted by atomic mass is 10.2. The van der Waals surface area contributed by atoms with E-state index >= 15 is 0 Å². The second-order valence-electron chi connectivity index (χ2n) is 3.99. The van der Waals surface area contributed by atoms with Gasteiger partial charge in [-0.3, -0.25) is 10.1 Å². The van der Waals surface area contributed by atoms with Crippen molar-refractivity contribution in [3.8, 4) is 0 Å². The molecule has 2 rings (SSSR count). The number of methoxy groups -OCH3 is 1. The van der Waals surface area contributed by atoms with Gasteiger partial charge in [0.2, 0.25) is 0 Å². The number of ether oxygens (including phenoxy) is 1. The third-order valence-corrected chi connectivity index (χ3v) is 4.20. The number of carbonyl (C=O) groups is 1. The Morgan fingerprint density at radius 1 is 1.24 bits per heavy atom. The number of halogens is 1. The van der Waals surface area contributed by atoms with Crippen molar-refractivity contribution >= 4 is 39.3 Å². The van der Waals surface area contributed by atoms with Crippen molar-refractivity contribution < 1.29 is 14.5 Å². The average Bonchev–Trinajstić information content (AvgIpc) is 2.48. The zero-order valence-electron chi connectivity index (χ0n) is 10.9. The molecule has 0 unspecified atom stereocenters. The van der Waals surface area contributed by atoms with Crippen molar-refractivity contribution in [1.29, 1.82) is 0 Å². The van der Waals surface area contributed by atoms with Gasteiger partial charge in [0.25, 0.3) is 5.69 Å². The van der Waals surface area contributed by atoms with Crippen LogP contribution in [0.25, 0.3) is 0 Å². The van der Waals surface area contributed by atoms with Crippen molar-refractivity contribution in [2.24, 2.45) is 0 Å². The van der Waals surface area contributed by atoms with Gasteiger partial charge < -0.3 is 4.74 Å². The third kappa shape index (κ3) is 3.83. The molecule has 5 nitrogen and oxygen atoms in total. The Balaban J connectivity index is 2.30. The Labute approximate surface area is 133 Å². The van der Waals surface area contributed by atoms with E-state index in [9.17, 15) is 14.9 Å². The number of rotatable bonds is 4. The minimum atomic E-state index is -0.450. The van der Waals surface area contributed by atoms with Crippen LogP contribution in [-0.4, -0.2) is 18.0 Å². The number of nitro groups is 1. The fourth-order valence-electron chi connectivity index (χ4n) is 1.62. The molecule has 0 spiro atoms. The van der Waals surface area contributed by atoms with Crippen LogP contribution < -0.4 is 0 Å². The second-order valence-corrected chi connectivity index (χ2v) is 6.02. The number of nitro benzene ring substituents is 1. The van der Waals surface area contributed by atoms with Gasteiger partial charge in [-0.15, -0.1) is 0 Å².